The zero-order valence-electron chi connectivity index (χ0n) is 12.9. The van der Waals surface area contributed by atoms with Crippen LogP contribution < -0.4 is 27.8 Å². The molecule has 0 rings (SSSR count). The summed E-state index contributed by atoms with van der Waals surface area (Å²) in [5.41, 5.74) is 15.8. The fourth-order valence-corrected chi connectivity index (χ4v) is 1.53. The summed E-state index contributed by atoms with van der Waals surface area (Å²) in [4.78, 5) is 38.3. The van der Waals surface area contributed by atoms with E-state index in [-0.39, 0.29) is 18.9 Å². The van der Waals surface area contributed by atoms with E-state index in [0.717, 1.165) is 0 Å². The maximum absolute atomic E-state index is 12.1. The molecule has 0 fully saturated rings. The van der Waals surface area contributed by atoms with Gasteiger partial charge in [0.2, 0.25) is 11.8 Å². The van der Waals surface area contributed by atoms with E-state index in [2.05, 4.69) is 15.6 Å². The fourth-order valence-electron chi connectivity index (χ4n) is 1.53. The van der Waals surface area contributed by atoms with Gasteiger partial charge < -0.3 is 38.0 Å². The molecular formula is C12H24N6O5. The molecule has 0 bridgehead atoms. The smallest absolute Gasteiger partial charge is 0.328 e. The van der Waals surface area contributed by atoms with Crippen molar-refractivity contribution < 1.29 is 24.6 Å². The number of hydrogen-bond donors (Lipinski definition) is 7. The Hall–Kier alpha value is -2.40. The van der Waals surface area contributed by atoms with E-state index < -0.39 is 42.5 Å². The van der Waals surface area contributed by atoms with Gasteiger partial charge in [0.05, 0.1) is 12.6 Å². The minimum atomic E-state index is -1.46. The molecule has 0 spiro atoms. The maximum atomic E-state index is 12.1. The lowest BCUT2D eigenvalue weighted by molar-refractivity contribution is -0.143. The van der Waals surface area contributed by atoms with Crippen molar-refractivity contribution in [2.24, 2.45) is 22.2 Å². The van der Waals surface area contributed by atoms with Crippen molar-refractivity contribution in [3.8, 4) is 0 Å². The number of nitrogens with two attached hydrogens (primary N) is 3. The molecule has 11 heteroatoms. The monoisotopic (exact) mass is 332 g/mol. The fraction of sp³-hybridized carbons (Fsp3) is 0.667. The van der Waals surface area contributed by atoms with Crippen LogP contribution in [0.4, 0.5) is 0 Å². The summed E-state index contributed by atoms with van der Waals surface area (Å²) in [6.45, 7) is 0.906. The first-order valence-electron chi connectivity index (χ1n) is 6.94. The Labute approximate surface area is 133 Å². The van der Waals surface area contributed by atoms with Gasteiger partial charge in [0.25, 0.3) is 0 Å². The highest BCUT2D eigenvalue weighted by atomic mass is 16.4. The number of aliphatic hydroxyl groups excluding tert-OH is 1. The third kappa shape index (κ3) is 8.58. The summed E-state index contributed by atoms with van der Waals surface area (Å²) in [5.74, 6) is -2.80. The van der Waals surface area contributed by atoms with E-state index in [1.54, 1.807) is 0 Å². The van der Waals surface area contributed by atoms with Crippen molar-refractivity contribution >= 4 is 23.7 Å². The minimum Gasteiger partial charge on any atom is -0.480 e. The zero-order chi connectivity index (χ0) is 18.0. The van der Waals surface area contributed by atoms with Crippen molar-refractivity contribution in [2.75, 3.05) is 13.2 Å². The summed E-state index contributed by atoms with van der Waals surface area (Å²) in [6.07, 6.45) is 0.533. The third-order valence-electron chi connectivity index (χ3n) is 2.79. The lowest BCUT2D eigenvalue weighted by Crippen LogP contribution is -2.54. The highest BCUT2D eigenvalue weighted by Crippen LogP contribution is 2.00. The van der Waals surface area contributed by atoms with Crippen molar-refractivity contribution in [2.45, 2.75) is 37.9 Å². The molecule has 132 valence electrons. The number of guanidine groups is 1. The van der Waals surface area contributed by atoms with Crippen LogP contribution in [0.5, 0.6) is 0 Å². The maximum Gasteiger partial charge on any atom is 0.328 e. The molecule has 3 atom stereocenters. The Balaban J connectivity index is 4.80. The number of carbonyl (C=O) groups excluding carboxylic acids is 2. The number of carbonyl (C=O) groups is 3. The SMILES string of the molecule is CC(N)C(=O)NC(CCCN=C(N)N)C(=O)NC(CO)C(=O)O. The van der Waals surface area contributed by atoms with Crippen molar-refractivity contribution in [1.29, 1.82) is 0 Å². The second-order valence-electron chi connectivity index (χ2n) is 4.88. The van der Waals surface area contributed by atoms with Crippen molar-refractivity contribution in [3.63, 3.8) is 0 Å². The topological polar surface area (TPSA) is 206 Å². The number of aliphatic hydroxyl groups is 1. The predicted octanol–water partition coefficient (Wildman–Crippen LogP) is -3.57. The molecule has 0 aliphatic heterocycles. The number of carboxylic acids is 1. The largest absolute Gasteiger partial charge is 0.480 e. The number of nitrogens with zero attached hydrogens (tertiary/aromatic N) is 1. The Morgan fingerprint density at radius 1 is 1.13 bits per heavy atom. The predicted molar refractivity (Wildman–Crippen MR) is 82.1 cm³/mol. The lowest BCUT2D eigenvalue weighted by Gasteiger charge is -2.21. The normalized spacial score (nSPS) is 14.2. The van der Waals surface area contributed by atoms with E-state index in [1.807, 2.05) is 0 Å². The van der Waals surface area contributed by atoms with Crippen LogP contribution in [0.3, 0.4) is 0 Å². The van der Waals surface area contributed by atoms with Crippen LogP contribution in [0.25, 0.3) is 0 Å². The molecule has 0 saturated carbocycles. The highest BCUT2D eigenvalue weighted by Gasteiger charge is 2.26. The molecule has 0 aromatic heterocycles. The van der Waals surface area contributed by atoms with Crippen LogP contribution in [0.2, 0.25) is 0 Å². The molecule has 3 unspecified atom stereocenters. The molecule has 11 nitrogen and oxygen atoms in total. The van der Waals surface area contributed by atoms with Gasteiger partial charge in [-0.05, 0) is 19.8 Å². The van der Waals surface area contributed by atoms with Gasteiger partial charge in [0.1, 0.15) is 12.1 Å². The van der Waals surface area contributed by atoms with Crippen LogP contribution in [0, 0.1) is 0 Å². The van der Waals surface area contributed by atoms with E-state index in [0.29, 0.717) is 6.42 Å². The van der Waals surface area contributed by atoms with E-state index in [4.69, 9.17) is 27.4 Å². The molecule has 0 aromatic rings. The second-order valence-corrected chi connectivity index (χ2v) is 4.88. The molecule has 0 radical (unpaired) electrons. The molecule has 0 aromatic carbocycles. The Morgan fingerprint density at radius 2 is 1.70 bits per heavy atom. The van der Waals surface area contributed by atoms with Crippen LogP contribution in [0.1, 0.15) is 19.8 Å². The van der Waals surface area contributed by atoms with Crippen LogP contribution in [-0.2, 0) is 14.4 Å². The Bertz CT molecular complexity index is 449. The number of nitrogens with one attached hydrogen (secondary N) is 2. The van der Waals surface area contributed by atoms with E-state index in [1.165, 1.54) is 6.92 Å². The molecule has 2 amide bonds. The van der Waals surface area contributed by atoms with Gasteiger partial charge in [0, 0.05) is 6.54 Å². The van der Waals surface area contributed by atoms with Crippen LogP contribution in [0.15, 0.2) is 4.99 Å². The van der Waals surface area contributed by atoms with Gasteiger partial charge in [-0.2, -0.15) is 0 Å². The standard InChI is InChI=1S/C12H24N6O5/c1-6(13)9(20)17-7(3-2-4-16-12(14)15)10(21)18-8(5-19)11(22)23/h6-8,19H,2-5,13H2,1H3,(H,17,20)(H,18,21)(H,22,23)(H4,14,15,16). The number of hydrogen-bond acceptors (Lipinski definition) is 6. The average Bonchev–Trinajstić information content (AvgIpc) is 2.46. The van der Waals surface area contributed by atoms with Crippen LogP contribution >= 0.6 is 0 Å². The number of carboxylic acid groups (broad SMARTS) is 1. The molecule has 0 aliphatic rings. The molecule has 23 heavy (non-hydrogen) atoms. The van der Waals surface area contributed by atoms with Crippen molar-refractivity contribution in [3.05, 3.63) is 0 Å². The summed E-state index contributed by atoms with van der Waals surface area (Å²) < 4.78 is 0. The molecule has 0 aliphatic carbocycles. The average molecular weight is 332 g/mol. The van der Waals surface area contributed by atoms with Gasteiger partial charge in [-0.15, -0.1) is 0 Å². The highest BCUT2D eigenvalue weighted by molar-refractivity contribution is 5.91. The number of aliphatic carboxylic acids is 1. The lowest BCUT2D eigenvalue weighted by atomic mass is 10.1. The van der Waals surface area contributed by atoms with Gasteiger partial charge in [-0.1, -0.05) is 0 Å². The first kappa shape index (κ1) is 20.6. The molecule has 0 saturated heterocycles. The second kappa shape index (κ2) is 10.3. The first-order valence-corrected chi connectivity index (χ1v) is 6.94. The summed E-state index contributed by atoms with van der Waals surface area (Å²) in [5, 5.41) is 22.3. The number of amides is 2. The quantitative estimate of drug-likeness (QED) is 0.121. The summed E-state index contributed by atoms with van der Waals surface area (Å²) in [7, 11) is 0. The van der Waals surface area contributed by atoms with E-state index in [9.17, 15) is 14.4 Å². The Kier molecular flexibility index (Phi) is 9.27. The minimum absolute atomic E-state index is 0.100. The van der Waals surface area contributed by atoms with Crippen molar-refractivity contribution in [1.82, 2.24) is 10.6 Å². The van der Waals surface area contributed by atoms with Gasteiger partial charge in [-0.25, -0.2) is 4.79 Å². The van der Waals surface area contributed by atoms with Gasteiger partial charge in [0.15, 0.2) is 5.96 Å². The molecule has 0 heterocycles. The first-order chi connectivity index (χ1) is 10.7. The number of rotatable bonds is 10. The Morgan fingerprint density at radius 3 is 2.13 bits per heavy atom. The van der Waals surface area contributed by atoms with Gasteiger partial charge >= 0.3 is 5.97 Å². The van der Waals surface area contributed by atoms with Crippen LogP contribution in [-0.4, -0.2) is 65.2 Å². The summed E-state index contributed by atoms with van der Waals surface area (Å²) >= 11 is 0. The number of aliphatic imine (C=N–C) groups is 1. The third-order valence-corrected chi connectivity index (χ3v) is 2.79. The zero-order valence-corrected chi connectivity index (χ0v) is 12.9. The molecule has 10 N–H and O–H groups in total. The van der Waals surface area contributed by atoms with Gasteiger partial charge in [-0.3, -0.25) is 14.6 Å². The summed E-state index contributed by atoms with van der Waals surface area (Å²) in [6, 6.07) is -3.32. The van der Waals surface area contributed by atoms with E-state index >= 15 is 0 Å². The molecular weight excluding hydrogens is 308 g/mol.